The number of rotatable bonds is 6. The summed E-state index contributed by atoms with van der Waals surface area (Å²) in [7, 11) is -3.91. The molecular weight excluding hydrogens is 452 g/mol. The maximum atomic E-state index is 13.2. The van der Waals surface area contributed by atoms with Crippen molar-refractivity contribution < 1.29 is 13.2 Å². The Morgan fingerprint density at radius 1 is 0.931 bits per heavy atom. The van der Waals surface area contributed by atoms with E-state index in [1.165, 1.54) is 12.1 Å². The minimum absolute atomic E-state index is 0.127. The molecule has 0 spiro atoms. The maximum Gasteiger partial charge on any atom is 0.264 e. The molecule has 0 aliphatic heterocycles. The first-order chi connectivity index (χ1) is 13.8. The summed E-state index contributed by atoms with van der Waals surface area (Å²) in [5, 5.41) is 2.79. The Bertz CT molecular complexity index is 1110. The zero-order valence-electron chi connectivity index (χ0n) is 16.1. The number of carbonyl (C=O) groups is 1. The number of nitrogens with zero attached hydrogens (tertiary/aromatic N) is 1. The average Bonchev–Trinajstić information content (AvgIpc) is 2.70. The molecule has 0 fully saturated rings. The van der Waals surface area contributed by atoms with Crippen molar-refractivity contribution in [3.63, 3.8) is 0 Å². The van der Waals surface area contributed by atoms with E-state index in [0.29, 0.717) is 11.4 Å². The second-order valence-electron chi connectivity index (χ2n) is 6.65. The molecule has 3 aromatic carbocycles. The van der Waals surface area contributed by atoms with Gasteiger partial charge in [-0.3, -0.25) is 9.10 Å². The van der Waals surface area contributed by atoms with Gasteiger partial charge >= 0.3 is 0 Å². The minimum Gasteiger partial charge on any atom is -0.325 e. The smallest absolute Gasteiger partial charge is 0.264 e. The first kappa shape index (κ1) is 21.1. The fourth-order valence-electron chi connectivity index (χ4n) is 2.79. The lowest BCUT2D eigenvalue weighted by molar-refractivity contribution is -0.114. The van der Waals surface area contributed by atoms with Crippen LogP contribution in [-0.2, 0) is 14.8 Å². The minimum atomic E-state index is -3.91. The van der Waals surface area contributed by atoms with Gasteiger partial charge in [-0.1, -0.05) is 40.2 Å². The van der Waals surface area contributed by atoms with Gasteiger partial charge in [-0.15, -0.1) is 0 Å². The molecule has 1 amide bonds. The van der Waals surface area contributed by atoms with Gasteiger partial charge in [0.1, 0.15) is 6.54 Å². The van der Waals surface area contributed by atoms with Gasteiger partial charge in [-0.25, -0.2) is 8.42 Å². The third-order valence-electron chi connectivity index (χ3n) is 4.52. The van der Waals surface area contributed by atoms with E-state index in [-0.39, 0.29) is 11.4 Å². The van der Waals surface area contributed by atoms with E-state index < -0.39 is 15.9 Å². The number of hydrogen-bond acceptors (Lipinski definition) is 3. The molecule has 29 heavy (non-hydrogen) atoms. The molecule has 0 saturated heterocycles. The van der Waals surface area contributed by atoms with Crippen LogP contribution in [0.2, 0.25) is 0 Å². The molecular formula is C22H21BrN2O3S. The zero-order chi connectivity index (χ0) is 21.0. The Hall–Kier alpha value is -2.64. The Balaban J connectivity index is 1.92. The van der Waals surface area contributed by atoms with Gasteiger partial charge in [0.25, 0.3) is 10.0 Å². The molecule has 0 heterocycles. The van der Waals surface area contributed by atoms with Crippen LogP contribution in [0.3, 0.4) is 0 Å². The second-order valence-corrected chi connectivity index (χ2v) is 9.43. The summed E-state index contributed by atoms with van der Waals surface area (Å²) in [6, 6.07) is 20.5. The second kappa shape index (κ2) is 8.80. The molecule has 0 saturated carbocycles. The largest absolute Gasteiger partial charge is 0.325 e. The molecule has 0 aliphatic carbocycles. The van der Waals surface area contributed by atoms with Crippen LogP contribution >= 0.6 is 15.9 Å². The highest BCUT2D eigenvalue weighted by Gasteiger charge is 2.27. The lowest BCUT2D eigenvalue weighted by Gasteiger charge is -2.24. The number of amides is 1. The first-order valence-electron chi connectivity index (χ1n) is 8.98. The number of hydrogen-bond donors (Lipinski definition) is 1. The van der Waals surface area contributed by atoms with Crippen molar-refractivity contribution in [3.8, 4) is 0 Å². The van der Waals surface area contributed by atoms with Crippen LogP contribution in [0.4, 0.5) is 11.4 Å². The molecule has 0 aliphatic rings. The molecule has 0 aromatic heterocycles. The van der Waals surface area contributed by atoms with Crippen LogP contribution in [0.15, 0.2) is 82.2 Å². The fourth-order valence-corrected chi connectivity index (χ4v) is 4.50. The number of nitrogens with one attached hydrogen (secondary N) is 1. The van der Waals surface area contributed by atoms with Crippen LogP contribution in [0.1, 0.15) is 11.1 Å². The molecule has 150 valence electrons. The number of sulfonamides is 1. The molecule has 0 atom stereocenters. The maximum absolute atomic E-state index is 13.2. The summed E-state index contributed by atoms with van der Waals surface area (Å²) in [4.78, 5) is 12.8. The summed E-state index contributed by atoms with van der Waals surface area (Å²) in [6.07, 6.45) is 0. The third-order valence-corrected chi connectivity index (χ3v) is 6.84. The van der Waals surface area contributed by atoms with Gasteiger partial charge in [0.15, 0.2) is 0 Å². The van der Waals surface area contributed by atoms with Gasteiger partial charge in [0.2, 0.25) is 5.91 Å². The molecule has 7 heteroatoms. The first-order valence-corrected chi connectivity index (χ1v) is 11.2. The summed E-state index contributed by atoms with van der Waals surface area (Å²) < 4.78 is 28.4. The van der Waals surface area contributed by atoms with Gasteiger partial charge in [-0.05, 0) is 73.5 Å². The number of anilines is 2. The van der Waals surface area contributed by atoms with Crippen molar-refractivity contribution in [1.82, 2.24) is 0 Å². The predicted octanol–water partition coefficient (Wildman–Crippen LogP) is 4.90. The van der Waals surface area contributed by atoms with Crippen molar-refractivity contribution in [1.29, 1.82) is 0 Å². The van der Waals surface area contributed by atoms with Crippen LogP contribution < -0.4 is 9.62 Å². The highest BCUT2D eigenvalue weighted by Crippen LogP contribution is 2.25. The summed E-state index contributed by atoms with van der Waals surface area (Å²) in [6.45, 7) is 3.60. The fraction of sp³-hybridized carbons (Fsp3) is 0.136. The Labute approximate surface area is 179 Å². The van der Waals surface area contributed by atoms with Crippen LogP contribution in [-0.4, -0.2) is 20.9 Å². The van der Waals surface area contributed by atoms with E-state index in [4.69, 9.17) is 0 Å². The van der Waals surface area contributed by atoms with E-state index in [1.807, 2.05) is 26.0 Å². The standard InChI is InChI=1S/C22H21BrN2O3S/c1-16-8-11-19(14-17(16)2)24-22(26)15-25(20-12-9-18(23)10-13-20)29(27,28)21-6-4-3-5-7-21/h3-14H,15H2,1-2H3,(H,24,26). The van der Waals surface area contributed by atoms with Crippen LogP contribution in [0.25, 0.3) is 0 Å². The lowest BCUT2D eigenvalue weighted by Crippen LogP contribution is -2.38. The Morgan fingerprint density at radius 3 is 2.21 bits per heavy atom. The Morgan fingerprint density at radius 2 is 1.59 bits per heavy atom. The highest BCUT2D eigenvalue weighted by atomic mass is 79.9. The quantitative estimate of drug-likeness (QED) is 0.554. The average molecular weight is 473 g/mol. The van der Waals surface area contributed by atoms with Gasteiger partial charge in [0, 0.05) is 10.2 Å². The molecule has 5 nitrogen and oxygen atoms in total. The van der Waals surface area contributed by atoms with Crippen molar-refractivity contribution in [2.45, 2.75) is 18.7 Å². The normalized spacial score (nSPS) is 11.1. The van der Waals surface area contributed by atoms with Crippen molar-refractivity contribution >= 4 is 43.2 Å². The van der Waals surface area contributed by atoms with Gasteiger partial charge in [0.05, 0.1) is 10.6 Å². The van der Waals surface area contributed by atoms with Crippen molar-refractivity contribution in [2.24, 2.45) is 0 Å². The number of aryl methyl sites for hydroxylation is 2. The highest BCUT2D eigenvalue weighted by molar-refractivity contribution is 9.10. The molecule has 0 unspecified atom stereocenters. The van der Waals surface area contributed by atoms with E-state index in [1.54, 1.807) is 48.5 Å². The van der Waals surface area contributed by atoms with Gasteiger partial charge < -0.3 is 5.32 Å². The zero-order valence-corrected chi connectivity index (χ0v) is 18.5. The summed E-state index contributed by atoms with van der Waals surface area (Å²) >= 11 is 3.35. The van der Waals surface area contributed by atoms with E-state index in [2.05, 4.69) is 21.2 Å². The summed E-state index contributed by atoms with van der Waals surface area (Å²) in [5.41, 5.74) is 3.20. The SMILES string of the molecule is Cc1ccc(NC(=O)CN(c2ccc(Br)cc2)S(=O)(=O)c2ccccc2)cc1C. The number of benzene rings is 3. The molecule has 0 bridgehead atoms. The Kier molecular flexibility index (Phi) is 6.39. The van der Waals surface area contributed by atoms with E-state index >= 15 is 0 Å². The van der Waals surface area contributed by atoms with Crippen LogP contribution in [0, 0.1) is 13.8 Å². The molecule has 0 radical (unpaired) electrons. The van der Waals surface area contributed by atoms with Crippen molar-refractivity contribution in [3.05, 3.63) is 88.4 Å². The molecule has 3 aromatic rings. The van der Waals surface area contributed by atoms with Crippen LogP contribution in [0.5, 0.6) is 0 Å². The molecule has 3 rings (SSSR count). The topological polar surface area (TPSA) is 66.5 Å². The number of halogens is 1. The summed E-state index contributed by atoms with van der Waals surface area (Å²) in [5.74, 6) is -0.421. The van der Waals surface area contributed by atoms with E-state index in [9.17, 15) is 13.2 Å². The third kappa shape index (κ3) is 5.05. The number of carbonyl (C=O) groups excluding carboxylic acids is 1. The molecule has 1 N–H and O–H groups in total. The van der Waals surface area contributed by atoms with Crippen molar-refractivity contribution in [2.75, 3.05) is 16.2 Å². The van der Waals surface area contributed by atoms with Gasteiger partial charge in [-0.2, -0.15) is 0 Å². The van der Waals surface area contributed by atoms with E-state index in [0.717, 1.165) is 19.9 Å². The monoisotopic (exact) mass is 472 g/mol. The predicted molar refractivity (Wildman–Crippen MR) is 120 cm³/mol. The lowest BCUT2D eigenvalue weighted by atomic mass is 10.1.